The maximum Gasteiger partial charge on any atom is 0.153 e. The summed E-state index contributed by atoms with van der Waals surface area (Å²) in [6.45, 7) is 0.644. The van der Waals surface area contributed by atoms with Crippen molar-refractivity contribution in [2.24, 2.45) is 0 Å². The van der Waals surface area contributed by atoms with Gasteiger partial charge in [0, 0.05) is 6.07 Å². The molecule has 0 aliphatic rings. The van der Waals surface area contributed by atoms with Crippen LogP contribution in [0, 0.1) is 0 Å². The van der Waals surface area contributed by atoms with Gasteiger partial charge in [0.15, 0.2) is 6.29 Å². The monoisotopic (exact) mass is 595 g/mol. The van der Waals surface area contributed by atoms with Crippen molar-refractivity contribution in [2.45, 2.75) is 77.0 Å². The Morgan fingerprint density at radius 2 is 0.953 bits per heavy atom. The van der Waals surface area contributed by atoms with Crippen molar-refractivity contribution < 1.29 is 14.6 Å². The minimum atomic E-state index is -1.69. The van der Waals surface area contributed by atoms with Gasteiger partial charge in [0.1, 0.15) is 34.7 Å². The maximum atomic E-state index is 10.8. The number of rotatable bonds is 20. The van der Waals surface area contributed by atoms with Crippen LogP contribution in [0.1, 0.15) is 87.4 Å². The summed E-state index contributed by atoms with van der Waals surface area (Å²) >= 11 is 0. The molecule has 0 fully saturated rings. The number of benzene rings is 4. The molecule has 0 heterocycles. The summed E-state index contributed by atoms with van der Waals surface area (Å²) in [6.07, 6.45) is 17.2. The molecule has 0 aliphatic carbocycles. The predicted octanol–water partition coefficient (Wildman–Crippen LogP) is 9.26. The third-order valence-electron chi connectivity index (χ3n) is 8.38. The Morgan fingerprint density at radius 1 is 0.535 bits per heavy atom. The van der Waals surface area contributed by atoms with E-state index in [2.05, 4.69) is 91.0 Å². The average Bonchev–Trinajstić information content (AvgIpc) is 3.06. The van der Waals surface area contributed by atoms with E-state index in [4.69, 9.17) is 4.74 Å². The van der Waals surface area contributed by atoms with Gasteiger partial charge in [0.25, 0.3) is 0 Å². The first-order chi connectivity index (χ1) is 21.2. The number of phenolic OH excluding ortho intramolecular Hbond substituents is 1. The lowest BCUT2D eigenvalue weighted by Crippen LogP contribution is -2.33. The van der Waals surface area contributed by atoms with Gasteiger partial charge in [-0.1, -0.05) is 112 Å². The van der Waals surface area contributed by atoms with Crippen LogP contribution in [0.25, 0.3) is 0 Å². The molecule has 4 aromatic carbocycles. The highest BCUT2D eigenvalue weighted by molar-refractivity contribution is 7.95. The smallest absolute Gasteiger partial charge is 0.153 e. The van der Waals surface area contributed by atoms with E-state index < -0.39 is 7.26 Å². The lowest BCUT2D eigenvalue weighted by atomic mass is 10.1. The van der Waals surface area contributed by atoms with E-state index in [0.717, 1.165) is 12.8 Å². The van der Waals surface area contributed by atoms with Crippen LogP contribution in [0.5, 0.6) is 11.5 Å². The fraction of sp³-hybridized carbons (Fsp3) is 0.359. The van der Waals surface area contributed by atoms with E-state index in [1.807, 2.05) is 0 Å². The Kier molecular flexibility index (Phi) is 13.8. The number of hydrogen-bond acceptors (Lipinski definition) is 3. The van der Waals surface area contributed by atoms with Crippen molar-refractivity contribution in [1.82, 2.24) is 0 Å². The fourth-order valence-electron chi connectivity index (χ4n) is 6.00. The van der Waals surface area contributed by atoms with Gasteiger partial charge < -0.3 is 9.84 Å². The number of aldehydes is 1. The summed E-state index contributed by atoms with van der Waals surface area (Å²) in [6, 6.07) is 38.6. The van der Waals surface area contributed by atoms with Gasteiger partial charge in [0.05, 0.1) is 18.3 Å². The number of aromatic hydroxyl groups is 1. The molecule has 0 aromatic heterocycles. The van der Waals surface area contributed by atoms with Crippen LogP contribution in [0.3, 0.4) is 0 Å². The molecule has 1 N–H and O–H groups in total. The van der Waals surface area contributed by atoms with E-state index in [9.17, 15) is 9.90 Å². The molecule has 4 aromatic rings. The van der Waals surface area contributed by atoms with Gasteiger partial charge in [0.2, 0.25) is 0 Å². The van der Waals surface area contributed by atoms with Crippen LogP contribution in [-0.4, -0.2) is 24.2 Å². The highest BCUT2D eigenvalue weighted by Crippen LogP contribution is 2.56. The topological polar surface area (TPSA) is 46.5 Å². The molecular weight excluding hydrogens is 547 g/mol. The first-order valence-corrected chi connectivity index (χ1v) is 18.2. The van der Waals surface area contributed by atoms with Gasteiger partial charge in [-0.2, -0.15) is 0 Å². The molecule has 0 saturated heterocycles. The lowest BCUT2D eigenvalue weighted by Gasteiger charge is -2.27. The minimum absolute atomic E-state index is 0.0231. The molecule has 226 valence electrons. The molecule has 4 heteroatoms. The second kappa shape index (κ2) is 18.3. The number of unbranched alkanes of at least 4 members (excludes halogenated alkanes) is 11. The Bertz CT molecular complexity index is 1230. The molecule has 0 amide bonds. The van der Waals surface area contributed by atoms with Gasteiger partial charge in [-0.25, -0.2) is 0 Å². The van der Waals surface area contributed by atoms with Crippen LogP contribution < -0.4 is 20.7 Å². The Balaban J connectivity index is 1.10. The lowest BCUT2D eigenvalue weighted by molar-refractivity contribution is 0.112. The number of ether oxygens (including phenoxy) is 1. The summed E-state index contributed by atoms with van der Waals surface area (Å²) < 4.78 is 5.70. The highest BCUT2D eigenvalue weighted by Gasteiger charge is 2.44. The first-order valence-electron chi connectivity index (χ1n) is 16.2. The van der Waals surface area contributed by atoms with Crippen LogP contribution in [-0.2, 0) is 0 Å². The number of carbonyl (C=O) groups is 1. The highest BCUT2D eigenvalue weighted by atomic mass is 31.2. The number of hydrogen-bond donors (Lipinski definition) is 1. The average molecular weight is 596 g/mol. The molecule has 0 radical (unpaired) electrons. The molecule has 43 heavy (non-hydrogen) atoms. The molecule has 3 nitrogen and oxygen atoms in total. The minimum Gasteiger partial charge on any atom is -0.507 e. The molecule has 0 spiro atoms. The van der Waals surface area contributed by atoms with Crippen molar-refractivity contribution in [3.63, 3.8) is 0 Å². The third kappa shape index (κ3) is 9.80. The summed E-state index contributed by atoms with van der Waals surface area (Å²) in [5.74, 6) is 0.595. The van der Waals surface area contributed by atoms with E-state index in [-0.39, 0.29) is 5.75 Å². The molecule has 0 saturated carbocycles. The van der Waals surface area contributed by atoms with E-state index >= 15 is 0 Å². The van der Waals surface area contributed by atoms with Crippen LogP contribution in [0.4, 0.5) is 0 Å². The zero-order valence-electron chi connectivity index (χ0n) is 25.6. The fourth-order valence-corrected chi connectivity index (χ4v) is 10.4. The van der Waals surface area contributed by atoms with Gasteiger partial charge in [-0.05, 0) is 67.8 Å². The second-order valence-electron chi connectivity index (χ2n) is 11.5. The van der Waals surface area contributed by atoms with Crippen molar-refractivity contribution in [2.75, 3.05) is 12.8 Å². The normalized spacial score (nSPS) is 11.3. The summed E-state index contributed by atoms with van der Waals surface area (Å²) in [5.41, 5.74) is 0.293. The van der Waals surface area contributed by atoms with Crippen molar-refractivity contribution in [3.8, 4) is 11.5 Å². The van der Waals surface area contributed by atoms with Crippen LogP contribution >= 0.6 is 7.26 Å². The number of carbonyl (C=O) groups excluding carboxylic acids is 1. The molecule has 4 rings (SSSR count). The summed E-state index contributed by atoms with van der Waals surface area (Å²) in [7, 11) is -1.69. The Hall–Kier alpha value is -3.42. The van der Waals surface area contributed by atoms with Crippen LogP contribution in [0.15, 0.2) is 109 Å². The van der Waals surface area contributed by atoms with Crippen molar-refractivity contribution in [3.05, 3.63) is 115 Å². The van der Waals surface area contributed by atoms with Gasteiger partial charge in [-0.3, -0.25) is 4.79 Å². The van der Waals surface area contributed by atoms with Crippen molar-refractivity contribution in [1.29, 1.82) is 0 Å². The van der Waals surface area contributed by atoms with Gasteiger partial charge in [-0.15, -0.1) is 0 Å². The van der Waals surface area contributed by atoms with Gasteiger partial charge >= 0.3 is 0 Å². The molecule has 0 unspecified atom stereocenters. The standard InChI is InChI=1S/C39H47O3P/c40-33-34-28-29-35(32-39(34)41)42-30-20-9-7-5-3-1-2-4-6-8-10-21-31-43(36-22-14-11-15-23-36,37-24-16-12-17-25-37)38-26-18-13-19-27-38/h11-19,22-29,32-33H,1-10,20-21,30-31H2/p+1. The zero-order chi connectivity index (χ0) is 30.0. The molecule has 0 bridgehead atoms. The van der Waals surface area contributed by atoms with Crippen LogP contribution in [0.2, 0.25) is 0 Å². The second-order valence-corrected chi connectivity index (χ2v) is 15.1. The zero-order valence-corrected chi connectivity index (χ0v) is 26.5. The third-order valence-corrected chi connectivity index (χ3v) is 12.9. The Morgan fingerprint density at radius 3 is 1.37 bits per heavy atom. The number of phenols is 1. The summed E-state index contributed by atoms with van der Waals surface area (Å²) in [4.78, 5) is 10.8. The molecule has 0 aliphatic heterocycles. The summed E-state index contributed by atoms with van der Waals surface area (Å²) in [5, 5.41) is 14.2. The van der Waals surface area contributed by atoms with Crippen molar-refractivity contribution >= 4 is 29.5 Å². The quantitative estimate of drug-likeness (QED) is 0.0629. The van der Waals surface area contributed by atoms with E-state index in [0.29, 0.717) is 24.2 Å². The van der Waals surface area contributed by atoms with E-state index in [1.165, 1.54) is 92.4 Å². The maximum absolute atomic E-state index is 10.8. The SMILES string of the molecule is O=Cc1ccc(OCCCCCCCCCCCCCC[P+](c2ccccc2)(c2ccccc2)c2ccccc2)cc1O. The first kappa shape index (κ1) is 32.5. The van der Waals surface area contributed by atoms with E-state index in [1.54, 1.807) is 12.1 Å². The predicted molar refractivity (Wildman–Crippen MR) is 184 cm³/mol. The molecule has 0 atom stereocenters. The largest absolute Gasteiger partial charge is 0.507 e. The molecular formula is C39H48O3P+. The Labute approximate surface area is 259 Å².